The van der Waals surface area contributed by atoms with E-state index in [-0.39, 0.29) is 12.0 Å². The van der Waals surface area contributed by atoms with E-state index < -0.39 is 0 Å². The molecular formula is C12H16O. The fourth-order valence-corrected chi connectivity index (χ4v) is 2.63. The summed E-state index contributed by atoms with van der Waals surface area (Å²) in [6.07, 6.45) is 4.91. The molecule has 1 fully saturated rings. The summed E-state index contributed by atoms with van der Waals surface area (Å²) in [5.41, 5.74) is 2.38. The van der Waals surface area contributed by atoms with E-state index in [2.05, 4.69) is 26.2 Å². The zero-order chi connectivity index (χ0) is 9.59. The van der Waals surface area contributed by atoms with Crippen molar-refractivity contribution in [1.82, 2.24) is 0 Å². The van der Waals surface area contributed by atoms with E-state index >= 15 is 0 Å². The predicted octanol–water partition coefficient (Wildman–Crippen LogP) is 2.30. The van der Waals surface area contributed by atoms with Gasteiger partial charge in [-0.05, 0) is 24.8 Å². The van der Waals surface area contributed by atoms with Crippen LogP contribution in [-0.4, -0.2) is 11.2 Å². The van der Waals surface area contributed by atoms with Gasteiger partial charge in [0.05, 0.1) is 6.10 Å². The molecule has 1 heteroatoms. The Morgan fingerprint density at radius 3 is 2.92 bits per heavy atom. The third-order valence-corrected chi connectivity index (χ3v) is 3.50. The minimum Gasteiger partial charge on any atom is -0.388 e. The summed E-state index contributed by atoms with van der Waals surface area (Å²) in [5.74, 6) is 1.06. The van der Waals surface area contributed by atoms with Crippen LogP contribution >= 0.6 is 0 Å². The third kappa shape index (κ3) is 1.11. The molecule has 0 aromatic heterocycles. The summed E-state index contributed by atoms with van der Waals surface area (Å²) in [4.78, 5) is 0. The molecule has 0 spiro atoms. The molecule has 0 radical (unpaired) electrons. The predicted molar refractivity (Wildman–Crippen MR) is 54.2 cm³/mol. The fourth-order valence-electron chi connectivity index (χ4n) is 2.63. The van der Waals surface area contributed by atoms with Crippen LogP contribution in [0, 0.1) is 17.8 Å². The molecule has 3 aliphatic rings. The van der Waals surface area contributed by atoms with Gasteiger partial charge in [0.2, 0.25) is 0 Å². The van der Waals surface area contributed by atoms with Crippen LogP contribution in [0.4, 0.5) is 0 Å². The quantitative estimate of drug-likeness (QED) is 0.608. The van der Waals surface area contributed by atoms with Crippen LogP contribution < -0.4 is 0 Å². The number of fused-ring (bicyclic) bond motifs is 2. The van der Waals surface area contributed by atoms with Gasteiger partial charge in [-0.2, -0.15) is 0 Å². The molecule has 1 saturated carbocycles. The summed E-state index contributed by atoms with van der Waals surface area (Å²) >= 11 is 0. The smallest absolute Gasteiger partial charge is 0.0821 e. The average Bonchev–Trinajstić information content (AvgIpc) is 2.13. The molecule has 1 nitrogen and oxygen atoms in total. The molecule has 0 aromatic carbocycles. The van der Waals surface area contributed by atoms with Gasteiger partial charge in [0.25, 0.3) is 0 Å². The molecular weight excluding hydrogens is 160 g/mol. The Labute approximate surface area is 79.5 Å². The van der Waals surface area contributed by atoms with Gasteiger partial charge in [-0.3, -0.25) is 0 Å². The molecule has 70 valence electrons. The number of aliphatic hydroxyl groups is 1. The van der Waals surface area contributed by atoms with Crippen molar-refractivity contribution in [2.75, 3.05) is 0 Å². The summed E-state index contributed by atoms with van der Waals surface area (Å²) < 4.78 is 0. The topological polar surface area (TPSA) is 20.2 Å². The molecule has 0 amide bonds. The van der Waals surface area contributed by atoms with Crippen molar-refractivity contribution in [2.24, 2.45) is 17.8 Å². The molecule has 0 aromatic rings. The first kappa shape index (κ1) is 8.76. The largest absolute Gasteiger partial charge is 0.388 e. The van der Waals surface area contributed by atoms with Crippen LogP contribution in [-0.2, 0) is 0 Å². The van der Waals surface area contributed by atoms with E-state index in [9.17, 15) is 5.11 Å². The Hall–Kier alpha value is -0.820. The van der Waals surface area contributed by atoms with Gasteiger partial charge < -0.3 is 5.11 Å². The normalized spacial score (nSPS) is 43.2. The van der Waals surface area contributed by atoms with E-state index in [1.165, 1.54) is 5.57 Å². The van der Waals surface area contributed by atoms with Gasteiger partial charge in [-0.15, -0.1) is 6.58 Å². The van der Waals surface area contributed by atoms with E-state index in [0.29, 0.717) is 11.8 Å². The SMILES string of the molecule is C=CC1CC2C(=C)C(O)C1C=C2C. The van der Waals surface area contributed by atoms with Crippen LogP contribution in [0.2, 0.25) is 0 Å². The maximum Gasteiger partial charge on any atom is 0.0821 e. The van der Waals surface area contributed by atoms with Gasteiger partial charge in [-0.25, -0.2) is 0 Å². The number of hydrogen-bond donors (Lipinski definition) is 1. The molecule has 0 heterocycles. The first-order chi connectivity index (χ1) is 6.15. The average molecular weight is 176 g/mol. The van der Waals surface area contributed by atoms with Gasteiger partial charge in [-0.1, -0.05) is 24.3 Å². The highest BCUT2D eigenvalue weighted by Crippen LogP contribution is 2.46. The van der Waals surface area contributed by atoms with Crippen LogP contribution in [0.25, 0.3) is 0 Å². The Kier molecular flexibility index (Phi) is 1.92. The van der Waals surface area contributed by atoms with Crippen molar-refractivity contribution >= 4 is 0 Å². The summed E-state index contributed by atoms with van der Waals surface area (Å²) in [5, 5.41) is 9.90. The van der Waals surface area contributed by atoms with Crippen molar-refractivity contribution in [3.63, 3.8) is 0 Å². The van der Waals surface area contributed by atoms with Gasteiger partial charge in [0.1, 0.15) is 0 Å². The number of hydrogen-bond acceptors (Lipinski definition) is 1. The minimum absolute atomic E-state index is 0.231. The minimum atomic E-state index is -0.342. The van der Waals surface area contributed by atoms with Crippen LogP contribution in [0.1, 0.15) is 13.3 Å². The van der Waals surface area contributed by atoms with E-state index in [1.54, 1.807) is 0 Å². The molecule has 1 N–H and O–H groups in total. The zero-order valence-corrected chi connectivity index (χ0v) is 8.03. The van der Waals surface area contributed by atoms with Gasteiger partial charge in [0.15, 0.2) is 0 Å². The number of allylic oxidation sites excluding steroid dienone is 2. The molecule has 0 aliphatic heterocycles. The molecule has 4 atom stereocenters. The van der Waals surface area contributed by atoms with Crippen molar-refractivity contribution < 1.29 is 5.11 Å². The van der Waals surface area contributed by atoms with Crippen LogP contribution in [0.15, 0.2) is 36.5 Å². The van der Waals surface area contributed by atoms with Gasteiger partial charge in [0, 0.05) is 11.8 Å². The van der Waals surface area contributed by atoms with Crippen molar-refractivity contribution in [3.05, 3.63) is 36.5 Å². The fraction of sp³-hybridized carbons (Fsp3) is 0.500. The Balaban J connectivity index is 2.39. The molecule has 3 aliphatic carbocycles. The highest BCUT2D eigenvalue weighted by Gasteiger charge is 2.41. The molecule has 3 rings (SSSR count). The maximum atomic E-state index is 9.90. The number of rotatable bonds is 1. The Morgan fingerprint density at radius 1 is 1.62 bits per heavy atom. The summed E-state index contributed by atoms with van der Waals surface area (Å²) in [7, 11) is 0. The maximum absolute atomic E-state index is 9.90. The summed E-state index contributed by atoms with van der Waals surface area (Å²) in [6.45, 7) is 9.92. The second-order valence-electron chi connectivity index (χ2n) is 4.20. The Bertz CT molecular complexity index is 285. The van der Waals surface area contributed by atoms with E-state index in [4.69, 9.17) is 0 Å². The lowest BCUT2D eigenvalue weighted by Gasteiger charge is -2.44. The molecule has 2 bridgehead atoms. The summed E-state index contributed by atoms with van der Waals surface area (Å²) in [6, 6.07) is 0. The van der Waals surface area contributed by atoms with Crippen molar-refractivity contribution in [2.45, 2.75) is 19.4 Å². The van der Waals surface area contributed by atoms with E-state index in [1.807, 2.05) is 6.08 Å². The second kappa shape index (κ2) is 2.85. The Morgan fingerprint density at radius 2 is 2.31 bits per heavy atom. The lowest BCUT2D eigenvalue weighted by Crippen LogP contribution is -2.41. The molecule has 0 saturated heterocycles. The van der Waals surface area contributed by atoms with Crippen LogP contribution in [0.3, 0.4) is 0 Å². The highest BCUT2D eigenvalue weighted by atomic mass is 16.3. The molecule has 13 heavy (non-hydrogen) atoms. The van der Waals surface area contributed by atoms with Crippen molar-refractivity contribution in [3.8, 4) is 0 Å². The van der Waals surface area contributed by atoms with Gasteiger partial charge >= 0.3 is 0 Å². The first-order valence-electron chi connectivity index (χ1n) is 4.82. The third-order valence-electron chi connectivity index (χ3n) is 3.50. The highest BCUT2D eigenvalue weighted by molar-refractivity contribution is 5.33. The second-order valence-corrected chi connectivity index (χ2v) is 4.20. The first-order valence-corrected chi connectivity index (χ1v) is 4.82. The van der Waals surface area contributed by atoms with Crippen LogP contribution in [0.5, 0.6) is 0 Å². The lowest BCUT2D eigenvalue weighted by atomic mass is 9.62. The molecule has 4 unspecified atom stereocenters. The monoisotopic (exact) mass is 176 g/mol. The van der Waals surface area contributed by atoms with Crippen molar-refractivity contribution in [1.29, 1.82) is 0 Å². The standard InChI is InChI=1S/C12H16O/c1-4-9-6-10-7(2)5-11(9)12(13)8(10)3/h4-5,9-13H,1,3,6H2,2H3. The number of aliphatic hydroxyl groups excluding tert-OH is 1. The lowest BCUT2D eigenvalue weighted by molar-refractivity contribution is 0.0923. The van der Waals surface area contributed by atoms with E-state index in [0.717, 1.165) is 12.0 Å². The zero-order valence-electron chi connectivity index (χ0n) is 8.03.